The van der Waals surface area contributed by atoms with Crippen LogP contribution in [0.25, 0.3) is 0 Å². The number of aryl methyl sites for hydroxylation is 1. The molecule has 1 fully saturated rings. The first kappa shape index (κ1) is 12.8. The second kappa shape index (κ2) is 5.80. The highest BCUT2D eigenvalue weighted by atomic mass is 16.6. The van der Waals surface area contributed by atoms with Crippen molar-refractivity contribution in [3.8, 4) is 11.5 Å². The molecule has 2 heterocycles. The maximum atomic E-state index is 5.70. The van der Waals surface area contributed by atoms with Crippen molar-refractivity contribution in [2.24, 2.45) is 0 Å². The summed E-state index contributed by atoms with van der Waals surface area (Å²) in [6.45, 7) is 8.96. The highest BCUT2D eigenvalue weighted by Crippen LogP contribution is 2.34. The number of hydrogen-bond donors (Lipinski definition) is 1. The molecule has 1 N–H and O–H groups in total. The van der Waals surface area contributed by atoms with Crippen molar-refractivity contribution < 1.29 is 9.47 Å². The van der Waals surface area contributed by atoms with E-state index in [1.807, 2.05) is 0 Å². The third-order valence-corrected chi connectivity index (χ3v) is 3.85. The summed E-state index contributed by atoms with van der Waals surface area (Å²) in [6.07, 6.45) is 1.04. The van der Waals surface area contributed by atoms with Crippen LogP contribution in [0.3, 0.4) is 0 Å². The molecule has 0 atom stereocenters. The lowest BCUT2D eigenvalue weighted by molar-refractivity contribution is 0.170. The van der Waals surface area contributed by atoms with Crippen LogP contribution in [0.1, 0.15) is 18.1 Å². The summed E-state index contributed by atoms with van der Waals surface area (Å²) >= 11 is 0. The predicted molar refractivity (Wildman–Crippen MR) is 75.0 cm³/mol. The molecule has 0 aromatic heterocycles. The van der Waals surface area contributed by atoms with Crippen molar-refractivity contribution in [1.82, 2.24) is 10.2 Å². The lowest BCUT2D eigenvalue weighted by atomic mass is 10.0. The standard InChI is InChI=1S/C15H22N2O2/c1-2-12-9-14-15(19-8-7-18-14)10-13(12)11-17-5-3-16-4-6-17/h9-10,16H,2-8,11H2,1H3. The Bertz CT molecular complexity index is 442. The fourth-order valence-corrected chi connectivity index (χ4v) is 2.76. The van der Waals surface area contributed by atoms with Gasteiger partial charge in [0.15, 0.2) is 11.5 Å². The quantitative estimate of drug-likeness (QED) is 0.893. The summed E-state index contributed by atoms with van der Waals surface area (Å²) < 4.78 is 11.4. The molecule has 0 bridgehead atoms. The predicted octanol–water partition coefficient (Wildman–Crippen LogP) is 1.43. The molecule has 1 aromatic carbocycles. The topological polar surface area (TPSA) is 33.7 Å². The van der Waals surface area contributed by atoms with Gasteiger partial charge in [0.05, 0.1) is 0 Å². The fraction of sp³-hybridized carbons (Fsp3) is 0.600. The van der Waals surface area contributed by atoms with E-state index in [-0.39, 0.29) is 0 Å². The van der Waals surface area contributed by atoms with E-state index in [9.17, 15) is 0 Å². The Morgan fingerprint density at radius 2 is 1.68 bits per heavy atom. The zero-order valence-corrected chi connectivity index (χ0v) is 11.6. The number of benzene rings is 1. The Morgan fingerprint density at radius 1 is 1.05 bits per heavy atom. The molecule has 3 rings (SSSR count). The molecule has 0 amide bonds. The van der Waals surface area contributed by atoms with Crippen LogP contribution in [0.2, 0.25) is 0 Å². The number of ether oxygens (including phenoxy) is 2. The molecule has 0 unspecified atom stereocenters. The zero-order valence-electron chi connectivity index (χ0n) is 11.6. The normalized spacial score (nSPS) is 19.4. The molecular formula is C15H22N2O2. The monoisotopic (exact) mass is 262 g/mol. The van der Waals surface area contributed by atoms with Crippen LogP contribution >= 0.6 is 0 Å². The van der Waals surface area contributed by atoms with E-state index in [0.29, 0.717) is 13.2 Å². The molecule has 1 saturated heterocycles. The first-order chi connectivity index (χ1) is 9.36. The largest absolute Gasteiger partial charge is 0.486 e. The SMILES string of the molecule is CCc1cc2c(cc1CN1CCNCC1)OCCO2. The van der Waals surface area contributed by atoms with Crippen LogP contribution in [0.15, 0.2) is 12.1 Å². The molecule has 0 saturated carbocycles. The number of rotatable bonds is 3. The van der Waals surface area contributed by atoms with Gasteiger partial charge in [-0.05, 0) is 29.7 Å². The first-order valence-corrected chi connectivity index (χ1v) is 7.21. The van der Waals surface area contributed by atoms with Crippen molar-refractivity contribution >= 4 is 0 Å². The molecule has 4 heteroatoms. The van der Waals surface area contributed by atoms with Gasteiger partial charge in [-0.1, -0.05) is 6.92 Å². The number of fused-ring (bicyclic) bond motifs is 1. The van der Waals surface area contributed by atoms with Crippen LogP contribution in [0.5, 0.6) is 11.5 Å². The highest BCUT2D eigenvalue weighted by molar-refractivity contribution is 5.48. The molecule has 2 aliphatic heterocycles. The van der Waals surface area contributed by atoms with E-state index >= 15 is 0 Å². The fourth-order valence-electron chi connectivity index (χ4n) is 2.76. The molecule has 0 spiro atoms. The average molecular weight is 262 g/mol. The molecule has 4 nitrogen and oxygen atoms in total. The van der Waals surface area contributed by atoms with Crippen LogP contribution in [0, 0.1) is 0 Å². The van der Waals surface area contributed by atoms with Gasteiger partial charge in [-0.15, -0.1) is 0 Å². The first-order valence-electron chi connectivity index (χ1n) is 7.21. The Kier molecular flexibility index (Phi) is 3.89. The van der Waals surface area contributed by atoms with Crippen LogP contribution in [-0.4, -0.2) is 44.3 Å². The number of hydrogen-bond acceptors (Lipinski definition) is 4. The summed E-state index contributed by atoms with van der Waals surface area (Å²) in [6, 6.07) is 4.33. The second-order valence-corrected chi connectivity index (χ2v) is 5.14. The maximum Gasteiger partial charge on any atom is 0.161 e. The summed E-state index contributed by atoms with van der Waals surface area (Å²) in [4.78, 5) is 2.50. The average Bonchev–Trinajstić information content (AvgIpc) is 2.47. The molecular weight excluding hydrogens is 240 g/mol. The second-order valence-electron chi connectivity index (χ2n) is 5.14. The highest BCUT2D eigenvalue weighted by Gasteiger charge is 2.17. The smallest absolute Gasteiger partial charge is 0.161 e. The van der Waals surface area contributed by atoms with E-state index in [0.717, 1.165) is 50.6 Å². The molecule has 104 valence electrons. The van der Waals surface area contributed by atoms with E-state index in [1.165, 1.54) is 11.1 Å². The molecule has 0 radical (unpaired) electrons. The summed E-state index contributed by atoms with van der Waals surface area (Å²) in [5.74, 6) is 1.82. The number of nitrogens with zero attached hydrogens (tertiary/aromatic N) is 1. The van der Waals surface area contributed by atoms with Crippen molar-refractivity contribution in [1.29, 1.82) is 0 Å². The number of piperazine rings is 1. The molecule has 0 aliphatic carbocycles. The summed E-state index contributed by atoms with van der Waals surface area (Å²) in [5.41, 5.74) is 2.76. The summed E-state index contributed by atoms with van der Waals surface area (Å²) in [7, 11) is 0. The minimum Gasteiger partial charge on any atom is -0.486 e. The van der Waals surface area contributed by atoms with Crippen molar-refractivity contribution in [3.05, 3.63) is 23.3 Å². The van der Waals surface area contributed by atoms with Gasteiger partial charge in [0, 0.05) is 32.7 Å². The minimum absolute atomic E-state index is 0.658. The van der Waals surface area contributed by atoms with E-state index in [1.54, 1.807) is 0 Å². The van der Waals surface area contributed by atoms with Gasteiger partial charge < -0.3 is 14.8 Å². The van der Waals surface area contributed by atoms with Gasteiger partial charge in [0.1, 0.15) is 13.2 Å². The Morgan fingerprint density at radius 3 is 2.32 bits per heavy atom. The van der Waals surface area contributed by atoms with Gasteiger partial charge in [-0.2, -0.15) is 0 Å². The van der Waals surface area contributed by atoms with Gasteiger partial charge in [0.2, 0.25) is 0 Å². The maximum absolute atomic E-state index is 5.70. The zero-order chi connectivity index (χ0) is 13.1. The summed E-state index contributed by atoms with van der Waals surface area (Å²) in [5, 5.41) is 3.39. The van der Waals surface area contributed by atoms with E-state index < -0.39 is 0 Å². The van der Waals surface area contributed by atoms with Gasteiger partial charge >= 0.3 is 0 Å². The molecule has 2 aliphatic rings. The lowest BCUT2D eigenvalue weighted by Crippen LogP contribution is -2.43. The Labute approximate surface area is 114 Å². The third kappa shape index (κ3) is 2.85. The lowest BCUT2D eigenvalue weighted by Gasteiger charge is -2.29. The van der Waals surface area contributed by atoms with Crippen LogP contribution < -0.4 is 14.8 Å². The van der Waals surface area contributed by atoms with Crippen LogP contribution in [-0.2, 0) is 13.0 Å². The van der Waals surface area contributed by atoms with Crippen molar-refractivity contribution in [3.63, 3.8) is 0 Å². The third-order valence-electron chi connectivity index (χ3n) is 3.85. The van der Waals surface area contributed by atoms with Crippen LogP contribution in [0.4, 0.5) is 0 Å². The molecule has 19 heavy (non-hydrogen) atoms. The van der Waals surface area contributed by atoms with Crippen molar-refractivity contribution in [2.75, 3.05) is 39.4 Å². The van der Waals surface area contributed by atoms with E-state index in [2.05, 4.69) is 29.3 Å². The Hall–Kier alpha value is -1.26. The minimum atomic E-state index is 0.658. The van der Waals surface area contributed by atoms with Gasteiger partial charge in [-0.25, -0.2) is 0 Å². The Balaban J connectivity index is 1.82. The van der Waals surface area contributed by atoms with Gasteiger partial charge in [-0.3, -0.25) is 4.90 Å². The number of nitrogens with one attached hydrogen (secondary N) is 1. The van der Waals surface area contributed by atoms with Crippen molar-refractivity contribution in [2.45, 2.75) is 19.9 Å². The molecule has 1 aromatic rings. The van der Waals surface area contributed by atoms with E-state index in [4.69, 9.17) is 9.47 Å². The van der Waals surface area contributed by atoms with Gasteiger partial charge in [0.25, 0.3) is 0 Å².